The summed E-state index contributed by atoms with van der Waals surface area (Å²) in [5, 5.41) is 10.4. The highest BCUT2D eigenvalue weighted by atomic mass is 19.1. The number of hydrogen-bond acceptors (Lipinski definition) is 4. The molecule has 5 heteroatoms. The molecule has 0 bridgehead atoms. The Bertz CT molecular complexity index is 1060. The number of aromatic nitrogens is 1. The van der Waals surface area contributed by atoms with E-state index in [1.165, 1.54) is 12.1 Å². The number of carbonyl (C=O) groups excluding carboxylic acids is 1. The number of nitrogens with zero attached hydrogens (tertiary/aromatic N) is 2. The third-order valence-corrected chi connectivity index (χ3v) is 4.64. The minimum atomic E-state index is -0.675. The van der Waals surface area contributed by atoms with E-state index in [-0.39, 0.29) is 11.6 Å². The van der Waals surface area contributed by atoms with Gasteiger partial charge in [0.2, 0.25) is 0 Å². The van der Waals surface area contributed by atoms with Gasteiger partial charge in [0.1, 0.15) is 23.9 Å². The summed E-state index contributed by atoms with van der Waals surface area (Å²) >= 11 is 0. The number of carbonyl (C=O) groups is 1. The predicted octanol–water partition coefficient (Wildman–Crippen LogP) is 4.44. The second kappa shape index (κ2) is 7.48. The van der Waals surface area contributed by atoms with E-state index in [0.29, 0.717) is 16.8 Å². The molecule has 0 saturated carbocycles. The van der Waals surface area contributed by atoms with Crippen LogP contribution in [0.25, 0.3) is 11.1 Å². The summed E-state index contributed by atoms with van der Waals surface area (Å²) in [4.78, 5) is 18.2. The van der Waals surface area contributed by atoms with E-state index in [1.807, 2.05) is 30.5 Å². The zero-order valence-electron chi connectivity index (χ0n) is 14.9. The number of phenolic OH excluding ortho intramolecular Hbond substituents is 1. The van der Waals surface area contributed by atoms with Crippen LogP contribution in [0.1, 0.15) is 11.3 Å². The Morgan fingerprint density at radius 2 is 1.75 bits per heavy atom. The van der Waals surface area contributed by atoms with Gasteiger partial charge in [0.05, 0.1) is 5.69 Å². The molecule has 1 atom stereocenters. The molecule has 138 valence electrons. The minimum Gasteiger partial charge on any atom is -0.507 e. The highest BCUT2D eigenvalue weighted by molar-refractivity contribution is 5.99. The molecule has 1 N–H and O–H groups in total. The summed E-state index contributed by atoms with van der Waals surface area (Å²) in [7, 11) is 0. The zero-order chi connectivity index (χ0) is 19.5. The lowest BCUT2D eigenvalue weighted by molar-refractivity contribution is -0.107. The van der Waals surface area contributed by atoms with Gasteiger partial charge in [0.15, 0.2) is 0 Å². The molecule has 3 aromatic rings. The molecular formula is C23H17FN2O2. The van der Waals surface area contributed by atoms with Crippen molar-refractivity contribution in [1.29, 1.82) is 0 Å². The standard InChI is InChI=1S/C23H17FN2O2/c24-17-8-10-18(11-9-17)26-14-16(21-6-3-4-12-25-21)13-20(22(26)15-27)19-5-1-2-7-23(19)28/h1-15,22,28H. The van der Waals surface area contributed by atoms with Crippen LogP contribution in [-0.4, -0.2) is 22.4 Å². The molecule has 2 aromatic carbocycles. The first-order chi connectivity index (χ1) is 13.7. The van der Waals surface area contributed by atoms with Crippen LogP contribution in [0.2, 0.25) is 0 Å². The SMILES string of the molecule is O=CC1C(c2ccccc2O)=CC(c2ccccn2)=CN1c1ccc(F)cc1. The fourth-order valence-corrected chi connectivity index (χ4v) is 3.29. The summed E-state index contributed by atoms with van der Waals surface area (Å²) in [6.07, 6.45) is 6.18. The van der Waals surface area contributed by atoms with Gasteiger partial charge < -0.3 is 14.8 Å². The van der Waals surface area contributed by atoms with E-state index in [0.717, 1.165) is 17.6 Å². The number of allylic oxidation sites excluding steroid dienone is 2. The molecule has 0 saturated heterocycles. The fraction of sp³-hybridized carbons (Fsp3) is 0.0435. The van der Waals surface area contributed by atoms with Crippen molar-refractivity contribution in [2.24, 2.45) is 0 Å². The van der Waals surface area contributed by atoms with Gasteiger partial charge in [-0.15, -0.1) is 0 Å². The van der Waals surface area contributed by atoms with Gasteiger partial charge in [0, 0.05) is 29.2 Å². The molecular weight excluding hydrogens is 355 g/mol. The van der Waals surface area contributed by atoms with Gasteiger partial charge in [-0.05, 0) is 54.1 Å². The van der Waals surface area contributed by atoms with Crippen molar-refractivity contribution in [3.8, 4) is 5.75 Å². The number of halogens is 1. The number of hydrogen-bond donors (Lipinski definition) is 1. The lowest BCUT2D eigenvalue weighted by Crippen LogP contribution is -2.35. The van der Waals surface area contributed by atoms with Gasteiger partial charge in [-0.2, -0.15) is 0 Å². The first-order valence-electron chi connectivity index (χ1n) is 8.80. The average molecular weight is 372 g/mol. The maximum atomic E-state index is 13.4. The second-order valence-electron chi connectivity index (χ2n) is 6.38. The summed E-state index contributed by atoms with van der Waals surface area (Å²) in [5.41, 5.74) is 3.37. The van der Waals surface area contributed by atoms with Crippen LogP contribution in [0.3, 0.4) is 0 Å². The Kier molecular flexibility index (Phi) is 4.72. The van der Waals surface area contributed by atoms with Crippen LogP contribution < -0.4 is 4.90 Å². The summed E-state index contributed by atoms with van der Waals surface area (Å²) in [5.74, 6) is -0.268. The number of pyridine rings is 1. The highest BCUT2D eigenvalue weighted by Crippen LogP contribution is 2.37. The Morgan fingerprint density at radius 3 is 2.43 bits per heavy atom. The largest absolute Gasteiger partial charge is 0.507 e. The third-order valence-electron chi connectivity index (χ3n) is 4.64. The molecule has 1 aliphatic rings. The van der Waals surface area contributed by atoms with E-state index >= 15 is 0 Å². The van der Waals surface area contributed by atoms with Crippen LogP contribution >= 0.6 is 0 Å². The molecule has 0 fully saturated rings. The van der Waals surface area contributed by atoms with Crippen molar-refractivity contribution in [3.05, 3.63) is 102 Å². The van der Waals surface area contributed by atoms with Crippen molar-refractivity contribution < 1.29 is 14.3 Å². The van der Waals surface area contributed by atoms with Crippen LogP contribution in [0.4, 0.5) is 10.1 Å². The molecule has 1 unspecified atom stereocenters. The van der Waals surface area contributed by atoms with E-state index in [1.54, 1.807) is 47.5 Å². The summed E-state index contributed by atoms with van der Waals surface area (Å²) in [6.45, 7) is 0. The maximum absolute atomic E-state index is 13.4. The molecule has 4 rings (SSSR count). The lowest BCUT2D eigenvalue weighted by Gasteiger charge is -2.33. The quantitative estimate of drug-likeness (QED) is 0.688. The number of aromatic hydroxyl groups is 1. The fourth-order valence-electron chi connectivity index (χ4n) is 3.29. The van der Waals surface area contributed by atoms with Gasteiger partial charge >= 0.3 is 0 Å². The Morgan fingerprint density at radius 1 is 1.00 bits per heavy atom. The smallest absolute Gasteiger partial charge is 0.147 e. The third kappa shape index (κ3) is 3.30. The van der Waals surface area contributed by atoms with E-state index in [2.05, 4.69) is 4.98 Å². The minimum absolute atomic E-state index is 0.0851. The maximum Gasteiger partial charge on any atom is 0.147 e. The zero-order valence-corrected chi connectivity index (χ0v) is 14.9. The van der Waals surface area contributed by atoms with Crippen LogP contribution in [0.15, 0.2) is 85.2 Å². The van der Waals surface area contributed by atoms with Gasteiger partial charge in [-0.25, -0.2) is 4.39 Å². The van der Waals surface area contributed by atoms with Crippen molar-refractivity contribution in [1.82, 2.24) is 4.98 Å². The van der Waals surface area contributed by atoms with E-state index < -0.39 is 6.04 Å². The van der Waals surface area contributed by atoms with Crippen LogP contribution in [0, 0.1) is 5.82 Å². The monoisotopic (exact) mass is 372 g/mol. The number of anilines is 1. The van der Waals surface area contributed by atoms with Crippen molar-refractivity contribution in [2.45, 2.75) is 6.04 Å². The Balaban J connectivity index is 1.90. The average Bonchev–Trinajstić information content (AvgIpc) is 2.74. The lowest BCUT2D eigenvalue weighted by atomic mass is 9.91. The van der Waals surface area contributed by atoms with Crippen molar-refractivity contribution >= 4 is 23.1 Å². The Labute approximate surface area is 161 Å². The summed E-state index contributed by atoms with van der Waals surface area (Å²) in [6, 6.07) is 17.7. The number of para-hydroxylation sites is 1. The Hall–Kier alpha value is -3.73. The molecule has 4 nitrogen and oxygen atoms in total. The predicted molar refractivity (Wildman–Crippen MR) is 107 cm³/mol. The van der Waals surface area contributed by atoms with Gasteiger partial charge in [-0.1, -0.05) is 24.3 Å². The molecule has 1 aliphatic heterocycles. The van der Waals surface area contributed by atoms with Gasteiger partial charge in [0.25, 0.3) is 0 Å². The number of phenols is 1. The number of rotatable bonds is 4. The van der Waals surface area contributed by atoms with E-state index in [4.69, 9.17) is 0 Å². The molecule has 28 heavy (non-hydrogen) atoms. The second-order valence-corrected chi connectivity index (χ2v) is 6.38. The molecule has 0 spiro atoms. The number of benzene rings is 2. The van der Waals surface area contributed by atoms with Crippen molar-refractivity contribution in [2.75, 3.05) is 4.90 Å². The van der Waals surface area contributed by atoms with Gasteiger partial charge in [-0.3, -0.25) is 4.98 Å². The molecule has 0 amide bonds. The molecule has 0 aliphatic carbocycles. The van der Waals surface area contributed by atoms with Crippen LogP contribution in [0.5, 0.6) is 5.75 Å². The van der Waals surface area contributed by atoms with Crippen LogP contribution in [-0.2, 0) is 4.79 Å². The molecule has 2 heterocycles. The number of aldehydes is 1. The first kappa shape index (κ1) is 17.7. The van der Waals surface area contributed by atoms with E-state index in [9.17, 15) is 14.3 Å². The first-order valence-corrected chi connectivity index (χ1v) is 8.80. The topological polar surface area (TPSA) is 53.4 Å². The van der Waals surface area contributed by atoms with Crippen molar-refractivity contribution in [3.63, 3.8) is 0 Å². The summed E-state index contributed by atoms with van der Waals surface area (Å²) < 4.78 is 13.4. The normalized spacial score (nSPS) is 16.3. The molecule has 1 aromatic heterocycles. The molecule has 0 radical (unpaired) electrons. The highest BCUT2D eigenvalue weighted by Gasteiger charge is 2.28.